The summed E-state index contributed by atoms with van der Waals surface area (Å²) in [6.45, 7) is 7.53. The van der Waals surface area contributed by atoms with E-state index < -0.39 is 0 Å². The lowest BCUT2D eigenvalue weighted by Crippen LogP contribution is -2.24. The summed E-state index contributed by atoms with van der Waals surface area (Å²) in [5, 5.41) is 3.14. The zero-order valence-corrected chi connectivity index (χ0v) is 13.2. The van der Waals surface area contributed by atoms with Crippen LogP contribution in [-0.2, 0) is 16.9 Å². The minimum absolute atomic E-state index is 0.283. The quantitative estimate of drug-likeness (QED) is 0.877. The van der Waals surface area contributed by atoms with Crippen molar-refractivity contribution in [3.63, 3.8) is 0 Å². The molecule has 1 heterocycles. The first-order chi connectivity index (χ1) is 9.62. The zero-order valence-electron chi connectivity index (χ0n) is 12.3. The first kappa shape index (κ1) is 15.2. The number of nitrogens with zero attached hydrogens (tertiary/aromatic N) is 1. The minimum Gasteiger partial charge on any atom is -0.368 e. The molecule has 0 bridgehead atoms. The van der Waals surface area contributed by atoms with Crippen molar-refractivity contribution in [1.29, 1.82) is 0 Å². The van der Waals surface area contributed by atoms with Gasteiger partial charge in [-0.2, -0.15) is 0 Å². The van der Waals surface area contributed by atoms with Gasteiger partial charge < -0.3 is 10.5 Å². The molecule has 0 aliphatic rings. The molecule has 0 saturated heterocycles. The Labute approximate surface area is 124 Å². The SMILES string of the molecule is CCOC(C)(CC)c1nc(-c2ccc(CN)cc2)cs1. The van der Waals surface area contributed by atoms with E-state index in [4.69, 9.17) is 15.5 Å². The fraction of sp³-hybridized carbons (Fsp3) is 0.438. The maximum Gasteiger partial charge on any atom is 0.125 e. The van der Waals surface area contributed by atoms with Gasteiger partial charge in [0, 0.05) is 24.1 Å². The lowest BCUT2D eigenvalue weighted by molar-refractivity contribution is -0.0324. The molecule has 1 aromatic carbocycles. The van der Waals surface area contributed by atoms with Crippen LogP contribution in [0.5, 0.6) is 0 Å². The summed E-state index contributed by atoms with van der Waals surface area (Å²) in [7, 11) is 0. The van der Waals surface area contributed by atoms with E-state index in [1.807, 2.05) is 6.92 Å². The summed E-state index contributed by atoms with van der Waals surface area (Å²) in [5.74, 6) is 0. The predicted octanol–water partition coefficient (Wildman–Crippen LogP) is 3.93. The van der Waals surface area contributed by atoms with Crippen LogP contribution < -0.4 is 5.73 Å². The van der Waals surface area contributed by atoms with Crippen LogP contribution in [-0.4, -0.2) is 11.6 Å². The Hall–Kier alpha value is -1.23. The molecule has 2 rings (SSSR count). The number of thiazole rings is 1. The van der Waals surface area contributed by atoms with Crippen molar-refractivity contribution in [1.82, 2.24) is 4.98 Å². The molecule has 1 aromatic heterocycles. The average molecular weight is 290 g/mol. The average Bonchev–Trinajstić information content (AvgIpc) is 2.98. The lowest BCUT2D eigenvalue weighted by Gasteiger charge is -2.25. The van der Waals surface area contributed by atoms with Gasteiger partial charge in [0.05, 0.1) is 5.69 Å². The summed E-state index contributed by atoms with van der Waals surface area (Å²) in [6, 6.07) is 8.25. The fourth-order valence-electron chi connectivity index (χ4n) is 2.09. The molecule has 108 valence electrons. The molecular formula is C16H22N2OS. The zero-order chi connectivity index (χ0) is 14.6. The molecule has 0 spiro atoms. The standard InChI is InChI=1S/C16H22N2OS/c1-4-16(3,19-5-2)15-18-14(11-20-15)13-8-6-12(10-17)7-9-13/h6-9,11H,4-5,10,17H2,1-3H3. The van der Waals surface area contributed by atoms with Crippen LogP contribution in [0, 0.1) is 0 Å². The molecule has 0 amide bonds. The number of ether oxygens (including phenoxy) is 1. The van der Waals surface area contributed by atoms with Gasteiger partial charge in [-0.25, -0.2) is 4.98 Å². The second-order valence-electron chi connectivity index (χ2n) is 4.96. The highest BCUT2D eigenvalue weighted by Gasteiger charge is 2.28. The summed E-state index contributed by atoms with van der Waals surface area (Å²) in [4.78, 5) is 4.76. The first-order valence-electron chi connectivity index (χ1n) is 7.02. The summed E-state index contributed by atoms with van der Waals surface area (Å²) >= 11 is 1.67. The molecule has 0 aliphatic carbocycles. The summed E-state index contributed by atoms with van der Waals surface area (Å²) < 4.78 is 5.88. The second-order valence-corrected chi connectivity index (χ2v) is 5.81. The molecule has 0 fully saturated rings. The van der Waals surface area contributed by atoms with Crippen LogP contribution >= 0.6 is 11.3 Å². The molecule has 1 unspecified atom stereocenters. The molecule has 2 aromatic rings. The van der Waals surface area contributed by atoms with Crippen molar-refractivity contribution in [2.45, 2.75) is 39.3 Å². The van der Waals surface area contributed by atoms with Gasteiger partial charge in [-0.05, 0) is 25.8 Å². The minimum atomic E-state index is -0.283. The van der Waals surface area contributed by atoms with Gasteiger partial charge in [0.2, 0.25) is 0 Å². The smallest absolute Gasteiger partial charge is 0.125 e. The number of benzene rings is 1. The highest BCUT2D eigenvalue weighted by atomic mass is 32.1. The molecule has 20 heavy (non-hydrogen) atoms. The van der Waals surface area contributed by atoms with Crippen molar-refractivity contribution in [3.8, 4) is 11.3 Å². The Morgan fingerprint density at radius 1 is 1.25 bits per heavy atom. The maximum absolute atomic E-state index is 5.88. The highest BCUT2D eigenvalue weighted by Crippen LogP contribution is 2.34. The van der Waals surface area contributed by atoms with Gasteiger partial charge >= 0.3 is 0 Å². The number of aromatic nitrogens is 1. The summed E-state index contributed by atoms with van der Waals surface area (Å²) in [5.41, 5.74) is 8.61. The molecule has 0 saturated carbocycles. The fourth-order valence-corrected chi connectivity index (χ4v) is 3.11. The van der Waals surface area contributed by atoms with Gasteiger partial charge in [0.25, 0.3) is 0 Å². The molecule has 4 heteroatoms. The second kappa shape index (κ2) is 6.48. The Kier molecular flexibility index (Phi) is 4.91. The number of hydrogen-bond donors (Lipinski definition) is 1. The van der Waals surface area contributed by atoms with E-state index in [9.17, 15) is 0 Å². The van der Waals surface area contributed by atoms with Crippen molar-refractivity contribution in [2.24, 2.45) is 5.73 Å². The van der Waals surface area contributed by atoms with Crippen molar-refractivity contribution >= 4 is 11.3 Å². The molecular weight excluding hydrogens is 268 g/mol. The highest BCUT2D eigenvalue weighted by molar-refractivity contribution is 7.10. The normalized spacial score (nSPS) is 14.2. The van der Waals surface area contributed by atoms with Crippen LogP contribution in [0.3, 0.4) is 0 Å². The monoisotopic (exact) mass is 290 g/mol. The Bertz CT molecular complexity index is 550. The van der Waals surface area contributed by atoms with E-state index in [0.717, 1.165) is 28.2 Å². The van der Waals surface area contributed by atoms with Gasteiger partial charge in [-0.3, -0.25) is 0 Å². The molecule has 1 atom stereocenters. The van der Waals surface area contributed by atoms with Gasteiger partial charge in [-0.1, -0.05) is 31.2 Å². The molecule has 2 N–H and O–H groups in total. The van der Waals surface area contributed by atoms with Crippen LogP contribution in [0.4, 0.5) is 0 Å². The summed E-state index contributed by atoms with van der Waals surface area (Å²) in [6.07, 6.45) is 0.917. The van der Waals surface area contributed by atoms with Crippen molar-refractivity contribution in [2.75, 3.05) is 6.61 Å². The van der Waals surface area contributed by atoms with E-state index >= 15 is 0 Å². The molecule has 0 aliphatic heterocycles. The predicted molar refractivity (Wildman–Crippen MR) is 84.7 cm³/mol. The Balaban J connectivity index is 2.27. The maximum atomic E-state index is 5.88. The third-order valence-electron chi connectivity index (χ3n) is 3.58. The van der Waals surface area contributed by atoms with Gasteiger partial charge in [0.15, 0.2) is 0 Å². The number of hydrogen-bond acceptors (Lipinski definition) is 4. The van der Waals surface area contributed by atoms with E-state index in [1.165, 1.54) is 0 Å². The molecule has 3 nitrogen and oxygen atoms in total. The van der Waals surface area contributed by atoms with Gasteiger partial charge in [0.1, 0.15) is 10.6 Å². The van der Waals surface area contributed by atoms with Crippen LogP contribution in [0.1, 0.15) is 37.8 Å². The van der Waals surface area contributed by atoms with E-state index in [-0.39, 0.29) is 5.60 Å². The first-order valence-corrected chi connectivity index (χ1v) is 7.90. The van der Waals surface area contributed by atoms with Crippen molar-refractivity contribution in [3.05, 3.63) is 40.2 Å². The third kappa shape index (κ3) is 3.08. The van der Waals surface area contributed by atoms with Gasteiger partial charge in [-0.15, -0.1) is 11.3 Å². The number of nitrogens with two attached hydrogens (primary N) is 1. The third-order valence-corrected chi connectivity index (χ3v) is 4.67. The number of rotatable bonds is 6. The van der Waals surface area contributed by atoms with E-state index in [2.05, 4.69) is 43.5 Å². The topological polar surface area (TPSA) is 48.1 Å². The Morgan fingerprint density at radius 3 is 2.50 bits per heavy atom. The lowest BCUT2D eigenvalue weighted by atomic mass is 10.0. The van der Waals surface area contributed by atoms with E-state index in [0.29, 0.717) is 13.2 Å². The van der Waals surface area contributed by atoms with Crippen LogP contribution in [0.2, 0.25) is 0 Å². The van der Waals surface area contributed by atoms with Crippen LogP contribution in [0.25, 0.3) is 11.3 Å². The molecule has 0 radical (unpaired) electrons. The van der Waals surface area contributed by atoms with Crippen molar-refractivity contribution < 1.29 is 4.74 Å². The van der Waals surface area contributed by atoms with Crippen LogP contribution in [0.15, 0.2) is 29.6 Å². The largest absolute Gasteiger partial charge is 0.368 e. The Morgan fingerprint density at radius 2 is 1.95 bits per heavy atom. The van der Waals surface area contributed by atoms with E-state index in [1.54, 1.807) is 11.3 Å².